The number of halogens is 4. The minimum absolute atomic E-state index is 0.0526. The van der Waals surface area contributed by atoms with Gasteiger partial charge in [-0.1, -0.05) is 0 Å². The molecular weight excluding hydrogens is 288 g/mol. The zero-order valence-corrected chi connectivity index (χ0v) is 10.3. The molecule has 9 heteroatoms. The van der Waals surface area contributed by atoms with Crippen LogP contribution in [0.4, 0.5) is 17.6 Å². The number of hydrogen-bond donors (Lipinski definition) is 2. The molecule has 0 unspecified atom stereocenters. The molecule has 0 aliphatic heterocycles. The fraction of sp³-hybridized carbons (Fsp3) is 0.400. The molecule has 0 bridgehead atoms. The van der Waals surface area contributed by atoms with E-state index in [4.69, 9.17) is 5.73 Å². The minimum Gasteiger partial charge on any atom is -0.328 e. The van der Waals surface area contributed by atoms with E-state index in [1.54, 1.807) is 0 Å². The van der Waals surface area contributed by atoms with Crippen LogP contribution in [0.2, 0.25) is 0 Å². The quantitative estimate of drug-likeness (QED) is 0.646. The van der Waals surface area contributed by atoms with Gasteiger partial charge in [0.05, 0.1) is 0 Å². The summed E-state index contributed by atoms with van der Waals surface area (Å²) in [4.78, 5) is -1.65. The average Bonchev–Trinajstić information content (AvgIpc) is 2.24. The van der Waals surface area contributed by atoms with Crippen LogP contribution in [0.15, 0.2) is 11.0 Å². The largest absolute Gasteiger partial charge is 0.328 e. The van der Waals surface area contributed by atoms with E-state index in [-0.39, 0.29) is 12.1 Å². The van der Waals surface area contributed by atoms with Gasteiger partial charge in [-0.2, -0.15) is 0 Å². The first-order valence-corrected chi connectivity index (χ1v) is 6.81. The molecule has 106 valence electrons. The van der Waals surface area contributed by atoms with E-state index in [2.05, 4.69) is 0 Å². The normalized spacial score (nSPS) is 23.2. The lowest BCUT2D eigenvalue weighted by Crippen LogP contribution is -2.50. The highest BCUT2D eigenvalue weighted by Gasteiger charge is 2.35. The molecular formula is C10H10F4N2O2S. The molecule has 0 atom stereocenters. The van der Waals surface area contributed by atoms with E-state index in [0.717, 1.165) is 0 Å². The third-order valence-electron chi connectivity index (χ3n) is 2.84. The first-order chi connectivity index (χ1) is 8.72. The van der Waals surface area contributed by atoms with Crippen LogP contribution < -0.4 is 10.5 Å². The van der Waals surface area contributed by atoms with Gasteiger partial charge in [0.1, 0.15) is 0 Å². The smallest absolute Gasteiger partial charge is 0.246 e. The Hall–Kier alpha value is -1.19. The lowest BCUT2D eigenvalue weighted by molar-refractivity contribution is 0.325. The maximum Gasteiger partial charge on any atom is 0.246 e. The summed E-state index contributed by atoms with van der Waals surface area (Å²) in [5, 5.41) is 0. The summed E-state index contributed by atoms with van der Waals surface area (Å²) >= 11 is 0. The molecule has 1 aliphatic rings. The van der Waals surface area contributed by atoms with Gasteiger partial charge in [0.2, 0.25) is 10.0 Å². The van der Waals surface area contributed by atoms with Gasteiger partial charge in [-0.3, -0.25) is 0 Å². The molecule has 1 fully saturated rings. The van der Waals surface area contributed by atoms with E-state index < -0.39 is 44.2 Å². The van der Waals surface area contributed by atoms with Gasteiger partial charge in [0.15, 0.2) is 28.2 Å². The van der Waals surface area contributed by atoms with Crippen LogP contribution in [0.3, 0.4) is 0 Å². The highest BCUT2D eigenvalue weighted by molar-refractivity contribution is 7.89. The van der Waals surface area contributed by atoms with Crippen LogP contribution in [0.5, 0.6) is 0 Å². The van der Waals surface area contributed by atoms with Gasteiger partial charge < -0.3 is 5.73 Å². The zero-order chi connectivity index (χ0) is 14.4. The van der Waals surface area contributed by atoms with Gasteiger partial charge in [-0.05, 0) is 12.8 Å². The second-order valence-electron chi connectivity index (χ2n) is 4.35. The lowest BCUT2D eigenvalue weighted by Gasteiger charge is -2.32. The first-order valence-electron chi connectivity index (χ1n) is 5.33. The Labute approximate surface area is 106 Å². The fourth-order valence-corrected chi connectivity index (χ4v) is 3.24. The third kappa shape index (κ3) is 2.58. The molecule has 1 aromatic carbocycles. The number of nitrogens with two attached hydrogens (primary N) is 1. The molecule has 4 nitrogen and oxygen atoms in total. The average molecular weight is 298 g/mol. The Kier molecular flexibility index (Phi) is 3.54. The summed E-state index contributed by atoms with van der Waals surface area (Å²) < 4.78 is 78.0. The monoisotopic (exact) mass is 298 g/mol. The van der Waals surface area contributed by atoms with E-state index in [0.29, 0.717) is 12.8 Å². The predicted molar refractivity (Wildman–Crippen MR) is 57.6 cm³/mol. The summed E-state index contributed by atoms with van der Waals surface area (Å²) in [5.41, 5.74) is 5.43. The molecule has 1 saturated carbocycles. The number of nitrogens with one attached hydrogen (secondary N) is 1. The maximum atomic E-state index is 13.4. The van der Waals surface area contributed by atoms with Crippen molar-refractivity contribution in [2.75, 3.05) is 0 Å². The van der Waals surface area contributed by atoms with Crippen LogP contribution >= 0.6 is 0 Å². The van der Waals surface area contributed by atoms with Gasteiger partial charge in [-0.25, -0.2) is 30.7 Å². The number of sulfonamides is 1. The number of hydrogen-bond acceptors (Lipinski definition) is 3. The van der Waals surface area contributed by atoms with E-state index in [1.807, 2.05) is 4.72 Å². The van der Waals surface area contributed by atoms with Gasteiger partial charge >= 0.3 is 0 Å². The second kappa shape index (κ2) is 4.73. The Morgan fingerprint density at radius 2 is 1.58 bits per heavy atom. The van der Waals surface area contributed by atoms with E-state index in [9.17, 15) is 26.0 Å². The molecule has 0 saturated heterocycles. The lowest BCUT2D eigenvalue weighted by atomic mass is 9.89. The third-order valence-corrected chi connectivity index (χ3v) is 4.38. The minimum atomic E-state index is -4.69. The van der Waals surface area contributed by atoms with Crippen molar-refractivity contribution in [1.82, 2.24) is 4.72 Å². The van der Waals surface area contributed by atoms with Gasteiger partial charge in [0.25, 0.3) is 0 Å². The molecule has 19 heavy (non-hydrogen) atoms. The molecule has 1 aliphatic carbocycles. The van der Waals surface area contributed by atoms with Crippen molar-refractivity contribution in [3.05, 3.63) is 29.3 Å². The Morgan fingerprint density at radius 1 is 1.11 bits per heavy atom. The summed E-state index contributed by atoms with van der Waals surface area (Å²) in [6.45, 7) is 0. The summed E-state index contributed by atoms with van der Waals surface area (Å²) in [6, 6.07) is -0.847. The molecule has 0 aromatic heterocycles. The Balaban J connectivity index is 2.40. The topological polar surface area (TPSA) is 72.2 Å². The first kappa shape index (κ1) is 14.2. The van der Waals surface area contributed by atoms with Gasteiger partial charge in [0, 0.05) is 18.2 Å². The summed E-state index contributed by atoms with van der Waals surface area (Å²) in [6.07, 6.45) is 0.584. The Morgan fingerprint density at radius 3 is 2.00 bits per heavy atom. The van der Waals surface area contributed by atoms with Crippen LogP contribution in [0.1, 0.15) is 12.8 Å². The Bertz CT molecular complexity index is 588. The van der Waals surface area contributed by atoms with Crippen molar-refractivity contribution in [2.24, 2.45) is 5.73 Å². The molecule has 0 spiro atoms. The van der Waals surface area contributed by atoms with Crippen molar-refractivity contribution >= 4 is 10.0 Å². The summed E-state index contributed by atoms with van der Waals surface area (Å²) in [7, 11) is -4.69. The molecule has 0 heterocycles. The number of rotatable bonds is 3. The fourth-order valence-electron chi connectivity index (χ4n) is 1.82. The number of benzene rings is 1. The standard InChI is InChI=1S/C10H10F4N2O2S/c11-6-3-7(12)9(14)10(8(6)13)19(17,18)16-5-1-4(15)2-5/h3-5,16H,1-2,15H2. The van der Waals surface area contributed by atoms with E-state index >= 15 is 0 Å². The molecule has 2 rings (SSSR count). The molecule has 0 radical (unpaired) electrons. The van der Waals surface area contributed by atoms with Crippen molar-refractivity contribution in [1.29, 1.82) is 0 Å². The molecule has 0 amide bonds. The highest BCUT2D eigenvalue weighted by atomic mass is 32.2. The predicted octanol–water partition coefficient (Wildman–Crippen LogP) is 1.01. The van der Waals surface area contributed by atoms with Crippen molar-refractivity contribution in [3.63, 3.8) is 0 Å². The van der Waals surface area contributed by atoms with Crippen molar-refractivity contribution in [2.45, 2.75) is 29.8 Å². The van der Waals surface area contributed by atoms with Gasteiger partial charge in [-0.15, -0.1) is 0 Å². The van der Waals surface area contributed by atoms with E-state index in [1.165, 1.54) is 0 Å². The maximum absolute atomic E-state index is 13.4. The second-order valence-corrected chi connectivity index (χ2v) is 6.00. The molecule has 1 aromatic rings. The molecule has 3 N–H and O–H groups in total. The van der Waals surface area contributed by atoms with Crippen LogP contribution in [-0.4, -0.2) is 20.5 Å². The van der Waals surface area contributed by atoms with Crippen LogP contribution in [0, 0.1) is 23.3 Å². The summed E-state index contributed by atoms with van der Waals surface area (Å²) in [5.74, 6) is -7.45. The van der Waals surface area contributed by atoms with Crippen LogP contribution in [0.25, 0.3) is 0 Å². The zero-order valence-electron chi connectivity index (χ0n) is 9.46. The van der Waals surface area contributed by atoms with Crippen molar-refractivity contribution < 1.29 is 26.0 Å². The highest BCUT2D eigenvalue weighted by Crippen LogP contribution is 2.26. The SMILES string of the molecule is NC1CC(NS(=O)(=O)c2c(F)c(F)cc(F)c2F)C1. The van der Waals surface area contributed by atoms with Crippen molar-refractivity contribution in [3.8, 4) is 0 Å². The van der Waals surface area contributed by atoms with Crippen LogP contribution in [-0.2, 0) is 10.0 Å².